The van der Waals surface area contributed by atoms with Crippen LogP contribution in [0.2, 0.25) is 0 Å². The van der Waals surface area contributed by atoms with Crippen molar-refractivity contribution in [2.24, 2.45) is 5.10 Å². The molecule has 1 amide bonds. The summed E-state index contributed by atoms with van der Waals surface area (Å²) in [5.41, 5.74) is 6.93. The summed E-state index contributed by atoms with van der Waals surface area (Å²) < 4.78 is 5.40. The predicted octanol–water partition coefficient (Wildman–Crippen LogP) is 5.26. The molecule has 5 nitrogen and oxygen atoms in total. The zero-order valence-corrected chi connectivity index (χ0v) is 16.1. The fraction of sp³-hybridized carbons (Fsp3) is 0.143. The lowest BCUT2D eigenvalue weighted by atomic mass is 10.1. The number of carbonyl (C=O) groups excluding carboxylic acids is 1. The van der Waals surface area contributed by atoms with Crippen LogP contribution in [0.25, 0.3) is 0 Å². The summed E-state index contributed by atoms with van der Waals surface area (Å²) in [4.78, 5) is 14.7. The summed E-state index contributed by atoms with van der Waals surface area (Å²) in [6, 6.07) is 16.1. The number of anilines is 2. The SMILES string of the molecule is C/C(=N\NC(=O)c1cc(C)oc1C)c1ccc2c(c1)Nc1ccccc1S2. The van der Waals surface area contributed by atoms with Crippen LogP contribution in [0.15, 0.2) is 67.8 Å². The van der Waals surface area contributed by atoms with Crippen molar-refractivity contribution >= 4 is 34.8 Å². The Morgan fingerprint density at radius 1 is 1.07 bits per heavy atom. The molecule has 136 valence electrons. The lowest BCUT2D eigenvalue weighted by Crippen LogP contribution is -2.19. The van der Waals surface area contributed by atoms with Gasteiger partial charge in [0.1, 0.15) is 11.5 Å². The van der Waals surface area contributed by atoms with Crippen LogP contribution >= 0.6 is 11.8 Å². The summed E-state index contributed by atoms with van der Waals surface area (Å²) in [5, 5.41) is 7.72. The minimum absolute atomic E-state index is 0.274. The van der Waals surface area contributed by atoms with Gasteiger partial charge in [0.2, 0.25) is 0 Å². The molecular formula is C21H19N3O2S. The molecule has 1 aromatic heterocycles. The molecule has 0 spiro atoms. The molecule has 1 aliphatic heterocycles. The molecule has 3 aromatic rings. The van der Waals surface area contributed by atoms with Gasteiger partial charge in [0, 0.05) is 9.79 Å². The van der Waals surface area contributed by atoms with Crippen molar-refractivity contribution in [3.63, 3.8) is 0 Å². The fourth-order valence-corrected chi connectivity index (χ4v) is 3.95. The maximum atomic E-state index is 12.3. The van der Waals surface area contributed by atoms with Gasteiger partial charge >= 0.3 is 0 Å². The summed E-state index contributed by atoms with van der Waals surface area (Å²) in [7, 11) is 0. The molecule has 0 unspecified atom stereocenters. The predicted molar refractivity (Wildman–Crippen MR) is 108 cm³/mol. The van der Waals surface area contributed by atoms with Crippen molar-refractivity contribution in [3.05, 3.63) is 71.2 Å². The largest absolute Gasteiger partial charge is 0.466 e. The number of hydrazone groups is 1. The average Bonchev–Trinajstić information content (AvgIpc) is 3.01. The van der Waals surface area contributed by atoms with E-state index in [-0.39, 0.29) is 5.91 Å². The van der Waals surface area contributed by atoms with E-state index in [1.807, 2.05) is 32.0 Å². The number of nitrogens with zero attached hydrogens (tertiary/aromatic N) is 1. The molecule has 2 N–H and O–H groups in total. The zero-order chi connectivity index (χ0) is 19.0. The van der Waals surface area contributed by atoms with Gasteiger partial charge in [0.15, 0.2) is 0 Å². The highest BCUT2D eigenvalue weighted by atomic mass is 32.2. The van der Waals surface area contributed by atoms with Crippen molar-refractivity contribution in [3.8, 4) is 0 Å². The topological polar surface area (TPSA) is 66.6 Å². The molecule has 2 heterocycles. The number of fused-ring (bicyclic) bond motifs is 2. The highest BCUT2D eigenvalue weighted by molar-refractivity contribution is 7.99. The Morgan fingerprint density at radius 2 is 1.85 bits per heavy atom. The van der Waals surface area contributed by atoms with Crippen LogP contribution in [-0.2, 0) is 0 Å². The Kier molecular flexibility index (Phi) is 4.49. The molecule has 0 bridgehead atoms. The Labute approximate surface area is 161 Å². The van der Waals surface area contributed by atoms with Gasteiger partial charge in [0.05, 0.1) is 22.6 Å². The van der Waals surface area contributed by atoms with Crippen molar-refractivity contribution in [1.82, 2.24) is 5.43 Å². The molecule has 0 radical (unpaired) electrons. The third-order valence-electron chi connectivity index (χ3n) is 4.38. The zero-order valence-electron chi connectivity index (χ0n) is 15.3. The fourth-order valence-electron chi connectivity index (χ4n) is 2.98. The number of nitrogens with one attached hydrogen (secondary N) is 2. The van der Waals surface area contributed by atoms with E-state index in [1.165, 1.54) is 9.79 Å². The standard InChI is InChI=1S/C21H19N3O2S/c1-12-10-16(14(3)26-12)21(25)24-23-13(2)15-8-9-20-18(11-15)22-17-6-4-5-7-19(17)27-20/h4-11,22H,1-3H3,(H,24,25)/b23-13+. The van der Waals surface area contributed by atoms with E-state index in [1.54, 1.807) is 24.8 Å². The highest BCUT2D eigenvalue weighted by Gasteiger charge is 2.16. The van der Waals surface area contributed by atoms with E-state index in [9.17, 15) is 4.79 Å². The first kappa shape index (κ1) is 17.4. The second-order valence-corrected chi connectivity index (χ2v) is 7.48. The first-order valence-electron chi connectivity index (χ1n) is 8.61. The van der Waals surface area contributed by atoms with Crippen molar-refractivity contribution in [2.45, 2.75) is 30.6 Å². The van der Waals surface area contributed by atoms with Gasteiger partial charge in [-0.2, -0.15) is 5.10 Å². The summed E-state index contributed by atoms with van der Waals surface area (Å²) in [6.07, 6.45) is 0. The Morgan fingerprint density at radius 3 is 2.63 bits per heavy atom. The monoisotopic (exact) mass is 377 g/mol. The van der Waals surface area contributed by atoms with E-state index >= 15 is 0 Å². The van der Waals surface area contributed by atoms with Gasteiger partial charge in [-0.1, -0.05) is 30.0 Å². The van der Waals surface area contributed by atoms with Crippen LogP contribution < -0.4 is 10.7 Å². The van der Waals surface area contributed by atoms with E-state index < -0.39 is 0 Å². The van der Waals surface area contributed by atoms with Crippen LogP contribution in [0.4, 0.5) is 11.4 Å². The maximum Gasteiger partial charge on any atom is 0.274 e. The first-order valence-corrected chi connectivity index (χ1v) is 9.43. The van der Waals surface area contributed by atoms with Gasteiger partial charge in [-0.15, -0.1) is 0 Å². The van der Waals surface area contributed by atoms with E-state index in [4.69, 9.17) is 4.42 Å². The molecule has 4 rings (SSSR count). The van der Waals surface area contributed by atoms with Gasteiger partial charge in [-0.3, -0.25) is 4.79 Å². The summed E-state index contributed by atoms with van der Waals surface area (Å²) in [6.45, 7) is 5.46. The van der Waals surface area contributed by atoms with Gasteiger partial charge in [-0.25, -0.2) is 5.43 Å². The third-order valence-corrected chi connectivity index (χ3v) is 5.54. The Hall–Kier alpha value is -2.99. The maximum absolute atomic E-state index is 12.3. The molecule has 0 atom stereocenters. The molecular weight excluding hydrogens is 358 g/mol. The number of benzene rings is 2. The first-order chi connectivity index (χ1) is 13.0. The number of para-hydroxylation sites is 1. The van der Waals surface area contributed by atoms with E-state index in [2.05, 4.69) is 40.1 Å². The number of carbonyl (C=O) groups is 1. The minimum Gasteiger partial charge on any atom is -0.466 e. The van der Waals surface area contributed by atoms with Crippen LogP contribution in [0.1, 0.15) is 34.4 Å². The summed E-state index contributed by atoms with van der Waals surface area (Å²) in [5.74, 6) is 1.02. The number of hydrogen-bond donors (Lipinski definition) is 2. The van der Waals surface area contributed by atoms with Crippen LogP contribution in [0, 0.1) is 13.8 Å². The molecule has 0 aliphatic carbocycles. The van der Waals surface area contributed by atoms with Crippen LogP contribution in [0.3, 0.4) is 0 Å². The van der Waals surface area contributed by atoms with Crippen LogP contribution in [-0.4, -0.2) is 11.6 Å². The van der Waals surface area contributed by atoms with Crippen molar-refractivity contribution in [1.29, 1.82) is 0 Å². The van der Waals surface area contributed by atoms with Crippen LogP contribution in [0.5, 0.6) is 0 Å². The third kappa shape index (κ3) is 3.48. The lowest BCUT2D eigenvalue weighted by molar-refractivity contribution is 0.0953. The quantitative estimate of drug-likeness (QED) is 0.378. The van der Waals surface area contributed by atoms with Gasteiger partial charge < -0.3 is 9.73 Å². The Balaban J connectivity index is 1.53. The molecule has 6 heteroatoms. The molecule has 27 heavy (non-hydrogen) atoms. The Bertz CT molecular complexity index is 1070. The highest BCUT2D eigenvalue weighted by Crippen LogP contribution is 2.44. The average molecular weight is 377 g/mol. The number of rotatable bonds is 3. The number of amides is 1. The number of furan rings is 1. The molecule has 0 saturated heterocycles. The molecule has 0 fully saturated rings. The number of aryl methyl sites for hydroxylation is 2. The number of hydrogen-bond acceptors (Lipinski definition) is 5. The normalized spacial score (nSPS) is 12.8. The summed E-state index contributed by atoms with van der Waals surface area (Å²) >= 11 is 1.74. The van der Waals surface area contributed by atoms with Crippen molar-refractivity contribution in [2.75, 3.05) is 5.32 Å². The molecule has 2 aromatic carbocycles. The second kappa shape index (κ2) is 6.96. The second-order valence-electron chi connectivity index (χ2n) is 6.40. The smallest absolute Gasteiger partial charge is 0.274 e. The van der Waals surface area contributed by atoms with Crippen molar-refractivity contribution < 1.29 is 9.21 Å². The lowest BCUT2D eigenvalue weighted by Gasteiger charge is -2.21. The van der Waals surface area contributed by atoms with E-state index in [0.717, 1.165) is 22.6 Å². The van der Waals surface area contributed by atoms with Gasteiger partial charge in [-0.05, 0) is 56.7 Å². The molecule has 1 aliphatic rings. The molecule has 0 saturated carbocycles. The van der Waals surface area contributed by atoms with Gasteiger partial charge in [0.25, 0.3) is 5.91 Å². The van der Waals surface area contributed by atoms with E-state index in [0.29, 0.717) is 17.1 Å². The minimum atomic E-state index is -0.274.